The third-order valence-electron chi connectivity index (χ3n) is 7.89. The van der Waals surface area contributed by atoms with Crippen molar-refractivity contribution in [1.82, 2.24) is 9.97 Å². The smallest absolute Gasteiger partial charge is 0.161 e. The van der Waals surface area contributed by atoms with Crippen LogP contribution in [0.15, 0.2) is 158 Å². The van der Waals surface area contributed by atoms with Crippen LogP contribution in [0.5, 0.6) is 0 Å². The van der Waals surface area contributed by atoms with Gasteiger partial charge in [0.2, 0.25) is 0 Å². The molecule has 0 saturated carbocycles. The molecule has 6 aromatic carbocycles. The van der Waals surface area contributed by atoms with Crippen molar-refractivity contribution < 1.29 is 0 Å². The Morgan fingerprint density at radius 2 is 0.860 bits per heavy atom. The zero-order chi connectivity index (χ0) is 28.6. The van der Waals surface area contributed by atoms with Gasteiger partial charge in [0.25, 0.3) is 0 Å². The predicted octanol–water partition coefficient (Wildman–Crippen LogP) is 11.2. The predicted molar refractivity (Wildman–Crippen MR) is 182 cm³/mol. The summed E-state index contributed by atoms with van der Waals surface area (Å²) in [6, 6.07) is 55.6. The maximum absolute atomic E-state index is 5.36. The van der Waals surface area contributed by atoms with E-state index < -0.39 is 0 Å². The second-order valence-electron chi connectivity index (χ2n) is 10.7. The largest absolute Gasteiger partial charge is 0.227 e. The standard InChI is InChI=1S/C40H26N2S/c1-4-13-27(14-5-1)30-19-12-20-31(23-30)39-41-38(37-35-21-10-11-22-36(35)43-40(37)42-39)34-25-32(28-15-6-2-7-16-28)24-33(26-34)29-17-8-3-9-18-29/h1-26H. The van der Waals surface area contributed by atoms with Crippen molar-refractivity contribution in [3.8, 4) is 56.0 Å². The number of benzene rings is 6. The van der Waals surface area contributed by atoms with E-state index in [1.54, 1.807) is 11.3 Å². The first-order chi connectivity index (χ1) is 21.3. The van der Waals surface area contributed by atoms with Crippen LogP contribution < -0.4 is 0 Å². The molecule has 0 bridgehead atoms. The Kier molecular flexibility index (Phi) is 6.36. The summed E-state index contributed by atoms with van der Waals surface area (Å²) >= 11 is 1.73. The molecule has 0 amide bonds. The minimum Gasteiger partial charge on any atom is -0.227 e. The minimum atomic E-state index is 0.734. The van der Waals surface area contributed by atoms with E-state index in [1.165, 1.54) is 26.8 Å². The van der Waals surface area contributed by atoms with E-state index in [0.717, 1.165) is 49.6 Å². The fourth-order valence-corrected chi connectivity index (χ4v) is 6.86. The second kappa shape index (κ2) is 10.8. The van der Waals surface area contributed by atoms with Crippen molar-refractivity contribution >= 4 is 31.6 Å². The fraction of sp³-hybridized carbons (Fsp3) is 0. The van der Waals surface area contributed by atoms with E-state index in [4.69, 9.17) is 9.97 Å². The molecule has 0 saturated heterocycles. The number of hydrogen-bond donors (Lipinski definition) is 0. The first-order valence-corrected chi connectivity index (χ1v) is 15.2. The van der Waals surface area contributed by atoms with Gasteiger partial charge in [-0.1, -0.05) is 127 Å². The van der Waals surface area contributed by atoms with E-state index >= 15 is 0 Å². The number of nitrogens with zero attached hydrogens (tertiary/aromatic N) is 2. The highest BCUT2D eigenvalue weighted by molar-refractivity contribution is 7.25. The molecule has 0 aliphatic heterocycles. The topological polar surface area (TPSA) is 25.8 Å². The molecule has 8 rings (SSSR count). The van der Waals surface area contributed by atoms with Crippen LogP contribution in [0.3, 0.4) is 0 Å². The summed E-state index contributed by atoms with van der Waals surface area (Å²) in [6.07, 6.45) is 0. The molecule has 2 nitrogen and oxygen atoms in total. The van der Waals surface area contributed by atoms with Crippen molar-refractivity contribution in [2.75, 3.05) is 0 Å². The molecule has 0 fully saturated rings. The highest BCUT2D eigenvalue weighted by Crippen LogP contribution is 2.41. The molecular weight excluding hydrogens is 541 g/mol. The van der Waals surface area contributed by atoms with Gasteiger partial charge in [-0.05, 0) is 63.7 Å². The van der Waals surface area contributed by atoms with Crippen LogP contribution in [0.2, 0.25) is 0 Å². The Morgan fingerprint density at radius 1 is 0.372 bits per heavy atom. The normalized spacial score (nSPS) is 11.3. The van der Waals surface area contributed by atoms with Gasteiger partial charge in [0.05, 0.1) is 5.69 Å². The van der Waals surface area contributed by atoms with Crippen molar-refractivity contribution in [3.05, 3.63) is 158 Å². The van der Waals surface area contributed by atoms with Gasteiger partial charge >= 0.3 is 0 Å². The Hall–Kier alpha value is -5.38. The van der Waals surface area contributed by atoms with E-state index in [1.807, 2.05) is 6.07 Å². The highest BCUT2D eigenvalue weighted by atomic mass is 32.1. The van der Waals surface area contributed by atoms with E-state index in [-0.39, 0.29) is 0 Å². The van der Waals surface area contributed by atoms with Crippen LogP contribution in [-0.2, 0) is 0 Å². The first-order valence-electron chi connectivity index (χ1n) is 14.4. The summed E-state index contributed by atoms with van der Waals surface area (Å²) in [4.78, 5) is 11.5. The maximum atomic E-state index is 5.36. The summed E-state index contributed by atoms with van der Waals surface area (Å²) in [7, 11) is 0. The number of rotatable bonds is 5. The summed E-state index contributed by atoms with van der Waals surface area (Å²) < 4.78 is 1.21. The molecule has 2 aromatic heterocycles. The summed E-state index contributed by atoms with van der Waals surface area (Å²) in [5, 5.41) is 2.29. The van der Waals surface area contributed by atoms with Crippen LogP contribution in [-0.4, -0.2) is 9.97 Å². The SMILES string of the molecule is c1ccc(-c2cccc(-c3nc(-c4cc(-c5ccccc5)cc(-c5ccccc5)c4)c4c(n3)sc3ccccc34)c2)cc1. The molecule has 43 heavy (non-hydrogen) atoms. The molecule has 0 spiro atoms. The summed E-state index contributed by atoms with van der Waals surface area (Å²) in [6.45, 7) is 0. The van der Waals surface area contributed by atoms with E-state index in [0.29, 0.717) is 0 Å². The second-order valence-corrected chi connectivity index (χ2v) is 11.7. The van der Waals surface area contributed by atoms with E-state index in [2.05, 4.69) is 152 Å². The molecule has 202 valence electrons. The quantitative estimate of drug-likeness (QED) is 0.207. The molecule has 0 aliphatic rings. The molecule has 0 unspecified atom stereocenters. The Labute approximate surface area is 254 Å². The number of aromatic nitrogens is 2. The third-order valence-corrected chi connectivity index (χ3v) is 8.95. The highest BCUT2D eigenvalue weighted by Gasteiger charge is 2.18. The van der Waals surface area contributed by atoms with Crippen LogP contribution in [0.4, 0.5) is 0 Å². The molecule has 0 N–H and O–H groups in total. The Bertz CT molecular complexity index is 2160. The monoisotopic (exact) mass is 566 g/mol. The summed E-state index contributed by atoms with van der Waals surface area (Å²) in [5.74, 6) is 0.734. The molecule has 8 aromatic rings. The molecule has 0 radical (unpaired) electrons. The lowest BCUT2D eigenvalue weighted by Crippen LogP contribution is -1.95. The lowest BCUT2D eigenvalue weighted by Gasteiger charge is -2.13. The van der Waals surface area contributed by atoms with Gasteiger partial charge in [0.1, 0.15) is 4.83 Å². The lowest BCUT2D eigenvalue weighted by molar-refractivity contribution is 1.24. The average Bonchev–Trinajstić information content (AvgIpc) is 3.47. The van der Waals surface area contributed by atoms with Gasteiger partial charge < -0.3 is 0 Å². The first kappa shape index (κ1) is 25.3. The van der Waals surface area contributed by atoms with Crippen molar-refractivity contribution in [2.45, 2.75) is 0 Å². The van der Waals surface area contributed by atoms with Crippen molar-refractivity contribution in [3.63, 3.8) is 0 Å². The van der Waals surface area contributed by atoms with Crippen LogP contribution >= 0.6 is 11.3 Å². The molecular formula is C40H26N2S. The van der Waals surface area contributed by atoms with Gasteiger partial charge in [-0.15, -0.1) is 11.3 Å². The minimum absolute atomic E-state index is 0.734. The van der Waals surface area contributed by atoms with Crippen molar-refractivity contribution in [2.24, 2.45) is 0 Å². The Morgan fingerprint density at radius 3 is 1.51 bits per heavy atom. The van der Waals surface area contributed by atoms with E-state index in [9.17, 15) is 0 Å². The third kappa shape index (κ3) is 4.80. The van der Waals surface area contributed by atoms with Gasteiger partial charge in [0, 0.05) is 26.6 Å². The summed E-state index contributed by atoms with van der Waals surface area (Å²) in [5.41, 5.74) is 10.0. The molecule has 0 atom stereocenters. The average molecular weight is 567 g/mol. The molecule has 3 heteroatoms. The van der Waals surface area contributed by atoms with Gasteiger partial charge in [-0.3, -0.25) is 0 Å². The van der Waals surface area contributed by atoms with Gasteiger partial charge in [0.15, 0.2) is 5.82 Å². The number of hydrogen-bond acceptors (Lipinski definition) is 3. The van der Waals surface area contributed by atoms with Crippen LogP contribution in [0.1, 0.15) is 0 Å². The van der Waals surface area contributed by atoms with Crippen LogP contribution in [0, 0.1) is 0 Å². The van der Waals surface area contributed by atoms with Crippen LogP contribution in [0.25, 0.3) is 76.3 Å². The van der Waals surface area contributed by atoms with Crippen molar-refractivity contribution in [1.29, 1.82) is 0 Å². The molecule has 0 aliphatic carbocycles. The van der Waals surface area contributed by atoms with Gasteiger partial charge in [-0.2, -0.15) is 0 Å². The number of thiophene rings is 1. The van der Waals surface area contributed by atoms with Gasteiger partial charge in [-0.25, -0.2) is 9.97 Å². The maximum Gasteiger partial charge on any atom is 0.161 e. The zero-order valence-corrected chi connectivity index (χ0v) is 24.1. The zero-order valence-electron chi connectivity index (χ0n) is 23.3. The fourth-order valence-electron chi connectivity index (χ4n) is 5.79. The Balaban J connectivity index is 1.40. The molecule has 2 heterocycles. The number of fused-ring (bicyclic) bond motifs is 3. The lowest BCUT2D eigenvalue weighted by atomic mass is 9.94.